The van der Waals surface area contributed by atoms with Crippen molar-refractivity contribution in [3.8, 4) is 0 Å². The van der Waals surface area contributed by atoms with Crippen LogP contribution in [0.1, 0.15) is 38.8 Å². The fourth-order valence-corrected chi connectivity index (χ4v) is 2.76. The number of hydrogen-bond donors (Lipinski definition) is 2. The summed E-state index contributed by atoms with van der Waals surface area (Å²) in [5.41, 5.74) is 2.27. The molecule has 0 radical (unpaired) electrons. The largest absolute Gasteiger partial charge is 0.477 e. The number of anilines is 1. The smallest absolute Gasteiger partial charge is 0.347 e. The number of aromatic carboxylic acids is 1. The van der Waals surface area contributed by atoms with Gasteiger partial charge in [-0.15, -0.1) is 11.3 Å². The monoisotopic (exact) mass is 304 g/mol. The molecule has 1 amide bonds. The van der Waals surface area contributed by atoms with Crippen molar-refractivity contribution in [2.45, 2.75) is 26.7 Å². The van der Waals surface area contributed by atoms with E-state index < -0.39 is 11.9 Å². The van der Waals surface area contributed by atoms with E-state index in [1.807, 2.05) is 31.2 Å². The number of nitrogens with zero attached hydrogens (tertiary/aromatic N) is 1. The standard InChI is InChI=1S/C15H16N2O3S/c1-8-4-6-11(7-5-8)17-13(18)9(2)14-16-10(3)12(21-14)15(19)20/h4-7,9H,1-3H3,(H,17,18)(H,19,20)/t9-/m0/s1. The quantitative estimate of drug-likeness (QED) is 0.909. The van der Waals surface area contributed by atoms with Crippen LogP contribution >= 0.6 is 11.3 Å². The van der Waals surface area contributed by atoms with Gasteiger partial charge in [0.05, 0.1) is 11.6 Å². The molecule has 6 heteroatoms. The fraction of sp³-hybridized carbons (Fsp3) is 0.267. The van der Waals surface area contributed by atoms with E-state index >= 15 is 0 Å². The third kappa shape index (κ3) is 3.46. The van der Waals surface area contributed by atoms with E-state index in [4.69, 9.17) is 5.11 Å². The summed E-state index contributed by atoms with van der Waals surface area (Å²) in [4.78, 5) is 27.6. The summed E-state index contributed by atoms with van der Waals surface area (Å²) in [7, 11) is 0. The number of thiazole rings is 1. The molecule has 0 spiro atoms. The predicted octanol–water partition coefficient (Wildman–Crippen LogP) is 3.20. The summed E-state index contributed by atoms with van der Waals surface area (Å²) in [6, 6.07) is 7.48. The van der Waals surface area contributed by atoms with Gasteiger partial charge in [0.15, 0.2) is 0 Å². The molecule has 5 nitrogen and oxygen atoms in total. The van der Waals surface area contributed by atoms with Crippen LogP contribution < -0.4 is 5.32 Å². The summed E-state index contributed by atoms with van der Waals surface area (Å²) < 4.78 is 0. The lowest BCUT2D eigenvalue weighted by molar-refractivity contribution is -0.117. The average Bonchev–Trinajstić information content (AvgIpc) is 2.82. The predicted molar refractivity (Wildman–Crippen MR) is 82.0 cm³/mol. The Morgan fingerprint density at radius 1 is 1.24 bits per heavy atom. The van der Waals surface area contributed by atoms with Gasteiger partial charge in [-0.05, 0) is 32.9 Å². The first kappa shape index (κ1) is 15.2. The molecule has 1 heterocycles. The van der Waals surface area contributed by atoms with Crippen LogP contribution in [0, 0.1) is 13.8 Å². The number of nitrogens with one attached hydrogen (secondary N) is 1. The summed E-state index contributed by atoms with van der Waals surface area (Å²) in [6.07, 6.45) is 0. The number of carbonyl (C=O) groups excluding carboxylic acids is 1. The van der Waals surface area contributed by atoms with Crippen LogP contribution in [0.4, 0.5) is 5.69 Å². The van der Waals surface area contributed by atoms with Crippen LogP contribution in [-0.2, 0) is 4.79 Å². The van der Waals surface area contributed by atoms with Crippen LogP contribution in [0.3, 0.4) is 0 Å². The number of benzene rings is 1. The minimum atomic E-state index is -1.01. The van der Waals surface area contributed by atoms with Crippen molar-refractivity contribution >= 4 is 28.9 Å². The number of amides is 1. The van der Waals surface area contributed by atoms with Crippen molar-refractivity contribution in [1.29, 1.82) is 0 Å². The van der Waals surface area contributed by atoms with Gasteiger partial charge in [-0.1, -0.05) is 17.7 Å². The van der Waals surface area contributed by atoms with E-state index in [0.29, 0.717) is 16.4 Å². The minimum Gasteiger partial charge on any atom is -0.477 e. The van der Waals surface area contributed by atoms with Crippen molar-refractivity contribution in [3.05, 3.63) is 45.4 Å². The molecule has 2 aromatic rings. The molecule has 0 aliphatic rings. The van der Waals surface area contributed by atoms with Crippen molar-refractivity contribution < 1.29 is 14.7 Å². The maximum Gasteiger partial charge on any atom is 0.347 e. The van der Waals surface area contributed by atoms with Crippen LogP contribution in [0.15, 0.2) is 24.3 Å². The minimum absolute atomic E-state index is 0.181. The zero-order valence-corrected chi connectivity index (χ0v) is 12.8. The number of carbonyl (C=O) groups is 2. The zero-order valence-electron chi connectivity index (χ0n) is 12.0. The lowest BCUT2D eigenvalue weighted by Gasteiger charge is -2.10. The molecule has 1 atom stereocenters. The lowest BCUT2D eigenvalue weighted by Crippen LogP contribution is -2.18. The molecule has 0 saturated carbocycles. The summed E-state index contributed by atoms with van der Waals surface area (Å²) in [6.45, 7) is 5.32. The molecule has 0 fully saturated rings. The Morgan fingerprint density at radius 3 is 2.38 bits per heavy atom. The molecule has 110 valence electrons. The van der Waals surface area contributed by atoms with E-state index in [-0.39, 0.29) is 10.8 Å². The van der Waals surface area contributed by atoms with Crippen molar-refractivity contribution in [3.63, 3.8) is 0 Å². The van der Waals surface area contributed by atoms with Crippen LogP contribution in [0.2, 0.25) is 0 Å². The Bertz CT molecular complexity index is 677. The van der Waals surface area contributed by atoms with Gasteiger partial charge in [0.1, 0.15) is 9.88 Å². The first-order chi connectivity index (χ1) is 9.88. The van der Waals surface area contributed by atoms with Crippen molar-refractivity contribution in [2.75, 3.05) is 5.32 Å². The molecule has 0 unspecified atom stereocenters. The number of carboxylic acid groups (broad SMARTS) is 1. The molecule has 0 aliphatic heterocycles. The molecule has 2 rings (SSSR count). The first-order valence-corrected chi connectivity index (χ1v) is 7.28. The number of rotatable bonds is 4. The van der Waals surface area contributed by atoms with Crippen molar-refractivity contribution in [2.24, 2.45) is 0 Å². The number of aromatic nitrogens is 1. The van der Waals surface area contributed by atoms with E-state index in [1.54, 1.807) is 13.8 Å². The van der Waals surface area contributed by atoms with Gasteiger partial charge < -0.3 is 10.4 Å². The van der Waals surface area contributed by atoms with Crippen LogP contribution in [0.5, 0.6) is 0 Å². The molecule has 0 saturated heterocycles. The van der Waals surface area contributed by atoms with E-state index in [2.05, 4.69) is 10.3 Å². The van der Waals surface area contributed by atoms with Gasteiger partial charge in [-0.25, -0.2) is 9.78 Å². The maximum atomic E-state index is 12.2. The third-order valence-electron chi connectivity index (χ3n) is 3.09. The maximum absolute atomic E-state index is 12.2. The van der Waals surface area contributed by atoms with Crippen LogP contribution in [0.25, 0.3) is 0 Å². The van der Waals surface area contributed by atoms with E-state index in [0.717, 1.165) is 16.9 Å². The second-order valence-electron chi connectivity index (χ2n) is 4.85. The Labute approximate surface area is 126 Å². The Kier molecular flexibility index (Phi) is 4.37. The Morgan fingerprint density at radius 2 is 1.86 bits per heavy atom. The van der Waals surface area contributed by atoms with Gasteiger partial charge in [0.2, 0.25) is 5.91 Å². The molecule has 0 bridgehead atoms. The molecular formula is C15H16N2O3S. The molecular weight excluding hydrogens is 288 g/mol. The van der Waals surface area contributed by atoms with Gasteiger partial charge in [0.25, 0.3) is 0 Å². The Balaban J connectivity index is 2.13. The molecule has 1 aromatic heterocycles. The number of aryl methyl sites for hydroxylation is 2. The van der Waals surface area contributed by atoms with E-state index in [1.165, 1.54) is 0 Å². The van der Waals surface area contributed by atoms with Crippen LogP contribution in [-0.4, -0.2) is 22.0 Å². The summed E-state index contributed by atoms with van der Waals surface area (Å²) in [5, 5.41) is 12.3. The SMILES string of the molecule is Cc1ccc(NC(=O)[C@H](C)c2nc(C)c(C(=O)O)s2)cc1. The van der Waals surface area contributed by atoms with Gasteiger partial charge in [-0.2, -0.15) is 0 Å². The number of carboxylic acids is 1. The van der Waals surface area contributed by atoms with Gasteiger partial charge in [0, 0.05) is 5.69 Å². The topological polar surface area (TPSA) is 79.3 Å². The first-order valence-electron chi connectivity index (χ1n) is 6.46. The lowest BCUT2D eigenvalue weighted by atomic mass is 10.1. The highest BCUT2D eigenvalue weighted by Crippen LogP contribution is 2.26. The zero-order chi connectivity index (χ0) is 15.6. The summed E-state index contributed by atoms with van der Waals surface area (Å²) in [5.74, 6) is -1.71. The average molecular weight is 304 g/mol. The number of hydrogen-bond acceptors (Lipinski definition) is 4. The van der Waals surface area contributed by atoms with Gasteiger partial charge >= 0.3 is 5.97 Å². The highest BCUT2D eigenvalue weighted by Gasteiger charge is 2.22. The molecule has 0 aliphatic carbocycles. The second-order valence-corrected chi connectivity index (χ2v) is 5.88. The normalized spacial score (nSPS) is 12.0. The Hall–Kier alpha value is -2.21. The third-order valence-corrected chi connectivity index (χ3v) is 4.42. The summed E-state index contributed by atoms with van der Waals surface area (Å²) >= 11 is 1.05. The van der Waals surface area contributed by atoms with E-state index in [9.17, 15) is 9.59 Å². The highest BCUT2D eigenvalue weighted by molar-refractivity contribution is 7.13. The molecule has 1 aromatic carbocycles. The fourth-order valence-electron chi connectivity index (χ4n) is 1.80. The van der Waals surface area contributed by atoms with Gasteiger partial charge in [-0.3, -0.25) is 4.79 Å². The highest BCUT2D eigenvalue weighted by atomic mass is 32.1. The molecule has 21 heavy (non-hydrogen) atoms. The second kappa shape index (κ2) is 6.05. The van der Waals surface area contributed by atoms with Crippen molar-refractivity contribution in [1.82, 2.24) is 4.98 Å². The molecule has 2 N–H and O–H groups in total.